The van der Waals surface area contributed by atoms with Crippen LogP contribution in [0.1, 0.15) is 66.2 Å². The Bertz CT molecular complexity index is 520. The van der Waals surface area contributed by atoms with Gasteiger partial charge in [0.25, 0.3) is 0 Å². The van der Waals surface area contributed by atoms with E-state index in [0.717, 1.165) is 43.3 Å². The van der Waals surface area contributed by atoms with Gasteiger partial charge in [0.05, 0.1) is 5.92 Å². The first-order chi connectivity index (χ1) is 10.9. The van der Waals surface area contributed by atoms with Crippen molar-refractivity contribution in [1.29, 1.82) is 0 Å². The fourth-order valence-corrected chi connectivity index (χ4v) is 3.18. The molecule has 2 nitrogen and oxygen atoms in total. The fraction of sp³-hybridized carbons (Fsp3) is 0.571. The quantitative estimate of drug-likeness (QED) is 0.194. The molecule has 0 aromatic carbocycles. The van der Waals surface area contributed by atoms with Gasteiger partial charge in [-0.2, -0.15) is 0 Å². The van der Waals surface area contributed by atoms with Crippen LogP contribution in [0.15, 0.2) is 47.3 Å². The van der Waals surface area contributed by atoms with Crippen molar-refractivity contribution in [2.45, 2.75) is 66.2 Å². The number of rotatable bonds is 8. The van der Waals surface area contributed by atoms with Crippen molar-refractivity contribution >= 4 is 5.78 Å². The zero-order valence-corrected chi connectivity index (χ0v) is 15.2. The largest absolute Gasteiger partial charge is 0.504 e. The number of aliphatic hydroxyl groups is 1. The number of ketones is 1. The molecule has 2 atom stereocenters. The lowest BCUT2D eigenvalue weighted by atomic mass is 9.75. The Kier molecular flexibility index (Phi) is 8.08. The summed E-state index contributed by atoms with van der Waals surface area (Å²) in [6.07, 6.45) is 11.9. The summed E-state index contributed by atoms with van der Waals surface area (Å²) >= 11 is 0. The van der Waals surface area contributed by atoms with Crippen molar-refractivity contribution < 1.29 is 9.90 Å². The highest BCUT2D eigenvalue weighted by Gasteiger charge is 2.31. The highest BCUT2D eigenvalue weighted by atomic mass is 16.3. The van der Waals surface area contributed by atoms with Gasteiger partial charge >= 0.3 is 0 Å². The van der Waals surface area contributed by atoms with E-state index in [1.807, 2.05) is 26.0 Å². The molecule has 0 aromatic heterocycles. The molecule has 1 aliphatic carbocycles. The molecule has 128 valence electrons. The maximum absolute atomic E-state index is 12.7. The van der Waals surface area contributed by atoms with Crippen molar-refractivity contribution in [3.63, 3.8) is 0 Å². The van der Waals surface area contributed by atoms with Crippen molar-refractivity contribution in [3.8, 4) is 0 Å². The lowest BCUT2D eigenvalue weighted by Gasteiger charge is -2.28. The Morgan fingerprint density at radius 1 is 1.43 bits per heavy atom. The summed E-state index contributed by atoms with van der Waals surface area (Å²) in [4.78, 5) is 12.7. The number of allylic oxidation sites excluding steroid dienone is 7. The van der Waals surface area contributed by atoms with Crippen LogP contribution >= 0.6 is 0 Å². The highest BCUT2D eigenvalue weighted by Crippen LogP contribution is 2.34. The van der Waals surface area contributed by atoms with Gasteiger partial charge in [-0.15, -0.1) is 0 Å². The van der Waals surface area contributed by atoms with E-state index in [2.05, 4.69) is 20.4 Å². The number of hydrogen-bond donors (Lipinski definition) is 1. The molecule has 0 aromatic rings. The van der Waals surface area contributed by atoms with Gasteiger partial charge in [-0.1, -0.05) is 49.6 Å². The second kappa shape index (κ2) is 9.54. The summed E-state index contributed by atoms with van der Waals surface area (Å²) in [6, 6.07) is 0. The third kappa shape index (κ3) is 5.85. The van der Waals surface area contributed by atoms with Crippen molar-refractivity contribution in [2.75, 3.05) is 0 Å². The number of carbonyl (C=O) groups excluding carboxylic acids is 1. The van der Waals surface area contributed by atoms with Gasteiger partial charge in [-0.25, -0.2) is 0 Å². The van der Waals surface area contributed by atoms with Gasteiger partial charge in [0, 0.05) is 0 Å². The van der Waals surface area contributed by atoms with E-state index in [0.29, 0.717) is 0 Å². The molecule has 1 aliphatic rings. The van der Waals surface area contributed by atoms with Gasteiger partial charge < -0.3 is 5.11 Å². The second-order valence-corrected chi connectivity index (χ2v) is 6.74. The Hall–Kier alpha value is -1.57. The average Bonchev–Trinajstić information content (AvgIpc) is 2.52. The molecule has 0 saturated carbocycles. The molecular formula is C21H32O2. The third-order valence-corrected chi connectivity index (χ3v) is 4.70. The van der Waals surface area contributed by atoms with E-state index in [4.69, 9.17) is 0 Å². The Balaban J connectivity index is 2.89. The average molecular weight is 316 g/mol. The molecule has 0 bridgehead atoms. The van der Waals surface area contributed by atoms with Crippen LogP contribution in [0.25, 0.3) is 0 Å². The highest BCUT2D eigenvalue weighted by molar-refractivity contribution is 5.97. The minimum Gasteiger partial charge on any atom is -0.504 e. The summed E-state index contributed by atoms with van der Waals surface area (Å²) in [5.41, 5.74) is 3.28. The van der Waals surface area contributed by atoms with Crippen molar-refractivity contribution in [1.82, 2.24) is 0 Å². The van der Waals surface area contributed by atoms with Crippen LogP contribution in [0.2, 0.25) is 0 Å². The van der Waals surface area contributed by atoms with E-state index in [1.165, 1.54) is 12.0 Å². The lowest BCUT2D eigenvalue weighted by Crippen LogP contribution is -2.27. The zero-order valence-electron chi connectivity index (χ0n) is 15.2. The fourth-order valence-electron chi connectivity index (χ4n) is 3.18. The van der Waals surface area contributed by atoms with E-state index in [9.17, 15) is 9.90 Å². The van der Waals surface area contributed by atoms with Crippen LogP contribution < -0.4 is 0 Å². The minimum atomic E-state index is -0.272. The molecule has 1 rings (SSSR count). The van der Waals surface area contributed by atoms with Gasteiger partial charge in [0.2, 0.25) is 5.78 Å². The molecule has 0 aliphatic heterocycles. The van der Waals surface area contributed by atoms with E-state index in [-0.39, 0.29) is 23.4 Å². The van der Waals surface area contributed by atoms with Gasteiger partial charge in [0.15, 0.2) is 5.76 Å². The van der Waals surface area contributed by atoms with Crippen LogP contribution in [-0.4, -0.2) is 10.9 Å². The number of carbonyl (C=O) groups is 1. The second-order valence-electron chi connectivity index (χ2n) is 6.74. The van der Waals surface area contributed by atoms with Gasteiger partial charge in [0.1, 0.15) is 0 Å². The first kappa shape index (κ1) is 19.5. The Labute approximate surface area is 141 Å². The topological polar surface area (TPSA) is 37.3 Å². The van der Waals surface area contributed by atoms with Crippen LogP contribution in [0.5, 0.6) is 0 Å². The summed E-state index contributed by atoms with van der Waals surface area (Å²) in [7, 11) is 0. The van der Waals surface area contributed by atoms with Crippen LogP contribution in [0.4, 0.5) is 0 Å². The summed E-state index contributed by atoms with van der Waals surface area (Å²) < 4.78 is 0. The lowest BCUT2D eigenvalue weighted by molar-refractivity contribution is -0.121. The molecule has 0 amide bonds. The monoisotopic (exact) mass is 316 g/mol. The Morgan fingerprint density at radius 3 is 2.70 bits per heavy atom. The number of unbranched alkanes of at least 4 members (excludes halogenated alkanes) is 2. The zero-order chi connectivity index (χ0) is 17.4. The Morgan fingerprint density at radius 2 is 2.13 bits per heavy atom. The SMILES string of the molecule is C=C(C)C1CCC(C)=C[C@H]1C(=O)/C(O)=C\C(=C/C)CCCCC. The maximum Gasteiger partial charge on any atom is 0.204 e. The summed E-state index contributed by atoms with van der Waals surface area (Å²) in [6.45, 7) is 12.2. The van der Waals surface area contributed by atoms with E-state index >= 15 is 0 Å². The smallest absolute Gasteiger partial charge is 0.204 e. The molecule has 1 unspecified atom stereocenters. The minimum absolute atomic E-state index is 0.114. The molecule has 23 heavy (non-hydrogen) atoms. The van der Waals surface area contributed by atoms with Crippen LogP contribution in [0.3, 0.4) is 0 Å². The van der Waals surface area contributed by atoms with Gasteiger partial charge in [-0.3, -0.25) is 4.79 Å². The molecule has 0 radical (unpaired) electrons. The van der Waals surface area contributed by atoms with Crippen molar-refractivity contribution in [3.05, 3.63) is 47.3 Å². The molecule has 0 saturated heterocycles. The molecule has 1 N–H and O–H groups in total. The molecule has 2 heteroatoms. The number of aliphatic hydroxyl groups excluding tert-OH is 1. The first-order valence-electron chi connectivity index (χ1n) is 8.83. The molecule has 0 spiro atoms. The molecule has 0 fully saturated rings. The number of Topliss-reactive ketones (excluding diaryl/α,β-unsaturated/α-hetero) is 1. The molecular weight excluding hydrogens is 284 g/mol. The summed E-state index contributed by atoms with van der Waals surface area (Å²) in [5, 5.41) is 10.3. The third-order valence-electron chi connectivity index (χ3n) is 4.70. The maximum atomic E-state index is 12.7. The normalized spacial score (nSPS) is 22.7. The molecule has 0 heterocycles. The summed E-state index contributed by atoms with van der Waals surface area (Å²) in [5.74, 6) is -0.425. The number of hydrogen-bond acceptors (Lipinski definition) is 2. The predicted molar refractivity (Wildman–Crippen MR) is 98.4 cm³/mol. The van der Waals surface area contributed by atoms with Crippen LogP contribution in [-0.2, 0) is 4.79 Å². The van der Waals surface area contributed by atoms with Crippen molar-refractivity contribution in [2.24, 2.45) is 11.8 Å². The first-order valence-corrected chi connectivity index (χ1v) is 8.83. The van der Waals surface area contributed by atoms with E-state index in [1.54, 1.807) is 6.08 Å². The van der Waals surface area contributed by atoms with Gasteiger partial charge in [-0.05, 0) is 64.0 Å². The van der Waals surface area contributed by atoms with E-state index < -0.39 is 0 Å². The van der Waals surface area contributed by atoms with Crippen LogP contribution in [0, 0.1) is 11.8 Å². The standard InChI is InChI=1S/C21H32O2/c1-6-8-9-10-17(7-2)14-20(22)21(23)19-13-16(5)11-12-18(19)15(3)4/h7,13-14,18-19,22H,3,6,8-12H2,1-2,4-5H3/b17-7-,20-14+/t18?,19-/m1/s1. The predicted octanol–water partition coefficient (Wildman–Crippen LogP) is 6.07.